The summed E-state index contributed by atoms with van der Waals surface area (Å²) in [6, 6.07) is 7.78. The van der Waals surface area contributed by atoms with Crippen LogP contribution in [0.4, 0.5) is 24.8 Å². The van der Waals surface area contributed by atoms with Crippen molar-refractivity contribution in [2.24, 2.45) is 5.41 Å². The molecule has 0 saturated carbocycles. The molecular weight excluding hydrogens is 619 g/mol. The molecule has 4 aromatic rings. The van der Waals surface area contributed by atoms with Gasteiger partial charge >= 0.3 is 12.1 Å². The molecule has 5 heterocycles. The van der Waals surface area contributed by atoms with Crippen LogP contribution in [0.15, 0.2) is 48.8 Å². The predicted molar refractivity (Wildman–Crippen MR) is 163 cm³/mol. The van der Waals surface area contributed by atoms with Crippen LogP contribution in [0.5, 0.6) is 0 Å². The monoisotopic (exact) mass is 651 g/mol. The summed E-state index contributed by atoms with van der Waals surface area (Å²) in [6.45, 7) is 5.40. The third kappa shape index (κ3) is 6.10. The minimum absolute atomic E-state index is 0.00975. The molecule has 1 atom stereocenters. The van der Waals surface area contributed by atoms with Gasteiger partial charge < -0.3 is 25.4 Å². The average Bonchev–Trinajstić information content (AvgIpc) is 3.45. The normalized spacial score (nSPS) is 17.6. The van der Waals surface area contributed by atoms with Crippen LogP contribution in [0, 0.1) is 5.41 Å². The number of hydrogen-bond donors (Lipinski definition) is 2. The molecule has 0 aliphatic carbocycles. The van der Waals surface area contributed by atoms with Gasteiger partial charge in [-0.3, -0.25) is 14.0 Å². The van der Waals surface area contributed by atoms with E-state index in [0.29, 0.717) is 55.3 Å². The van der Waals surface area contributed by atoms with Gasteiger partial charge in [-0.1, -0.05) is 12.1 Å². The zero-order valence-electron chi connectivity index (χ0n) is 25.6. The first-order valence-electron chi connectivity index (χ1n) is 15.1. The number of rotatable bonds is 7. The van der Waals surface area contributed by atoms with Gasteiger partial charge in [0, 0.05) is 36.3 Å². The van der Waals surface area contributed by atoms with Crippen molar-refractivity contribution in [1.29, 1.82) is 0 Å². The molecule has 1 aromatic carbocycles. The lowest BCUT2D eigenvalue weighted by molar-refractivity contribution is -0.170. The summed E-state index contributed by atoms with van der Waals surface area (Å²) in [7, 11) is 0. The van der Waals surface area contributed by atoms with Crippen LogP contribution in [0.1, 0.15) is 64.8 Å². The fraction of sp³-hybridized carbons (Fsp3) is 0.375. The Hall–Kier alpha value is -5.05. The first-order valence-corrected chi connectivity index (χ1v) is 15.1. The molecule has 3 aromatic heterocycles. The van der Waals surface area contributed by atoms with Crippen molar-refractivity contribution < 1.29 is 37.0 Å². The maximum Gasteiger partial charge on any atom is 0.416 e. The van der Waals surface area contributed by atoms with Crippen LogP contribution in [-0.4, -0.2) is 74.9 Å². The Bertz CT molecular complexity index is 1850. The molecule has 0 radical (unpaired) electrons. The molecule has 2 saturated heterocycles. The van der Waals surface area contributed by atoms with Gasteiger partial charge in [0.15, 0.2) is 5.69 Å². The SMILES string of the molecule is CCOC(=O)c1cnc(N)c2c(-c3ccc(C(=O)Nc4cc(C(F)(F)F)ccn4)cc3)nc(C3CCCN(C(=O)C4(C)COC4)C3)n12. The molecule has 2 aliphatic heterocycles. The predicted octanol–water partition coefficient (Wildman–Crippen LogP) is 4.56. The highest BCUT2D eigenvalue weighted by Crippen LogP contribution is 2.37. The minimum atomic E-state index is -4.59. The number of amides is 2. The highest BCUT2D eigenvalue weighted by atomic mass is 19.4. The number of halogens is 3. The minimum Gasteiger partial charge on any atom is -0.461 e. The first kappa shape index (κ1) is 31.9. The number of imidazole rings is 1. The van der Waals surface area contributed by atoms with Crippen molar-refractivity contribution in [3.8, 4) is 11.3 Å². The number of nitrogens with two attached hydrogens (primary N) is 1. The summed E-state index contributed by atoms with van der Waals surface area (Å²) in [5, 5.41) is 2.39. The maximum atomic E-state index is 13.4. The van der Waals surface area contributed by atoms with E-state index in [0.717, 1.165) is 24.8 Å². The van der Waals surface area contributed by atoms with E-state index in [-0.39, 0.29) is 41.3 Å². The number of carbonyl (C=O) groups is 3. The second kappa shape index (κ2) is 12.3. The van der Waals surface area contributed by atoms with E-state index in [1.165, 1.54) is 18.3 Å². The van der Waals surface area contributed by atoms with Gasteiger partial charge in [-0.05, 0) is 51.0 Å². The Labute approximate surface area is 267 Å². The number of nitrogen functional groups attached to an aromatic ring is 1. The number of nitrogens with zero attached hydrogens (tertiary/aromatic N) is 5. The molecule has 2 aliphatic rings. The summed E-state index contributed by atoms with van der Waals surface area (Å²) < 4.78 is 51.6. The molecule has 1 unspecified atom stereocenters. The molecule has 0 spiro atoms. The molecule has 2 amide bonds. The number of ether oxygens (including phenoxy) is 2. The zero-order chi connectivity index (χ0) is 33.5. The van der Waals surface area contributed by atoms with E-state index < -0.39 is 29.0 Å². The van der Waals surface area contributed by atoms with Crippen LogP contribution in [0.3, 0.4) is 0 Å². The number of likely N-dealkylation sites (tertiary alicyclic amines) is 1. The van der Waals surface area contributed by atoms with Gasteiger partial charge in [-0.15, -0.1) is 0 Å². The number of anilines is 2. The van der Waals surface area contributed by atoms with Crippen molar-refractivity contribution in [3.63, 3.8) is 0 Å². The lowest BCUT2D eigenvalue weighted by atomic mass is 9.85. The van der Waals surface area contributed by atoms with Crippen molar-refractivity contribution in [2.75, 3.05) is 44.0 Å². The molecule has 12 nitrogen and oxygen atoms in total. The molecular formula is C32H32F3N7O5. The van der Waals surface area contributed by atoms with E-state index in [1.807, 2.05) is 11.8 Å². The number of aromatic nitrogens is 4. The third-order valence-corrected chi connectivity index (χ3v) is 8.38. The topological polar surface area (TPSA) is 154 Å². The number of nitrogens with one attached hydrogen (secondary N) is 1. The van der Waals surface area contributed by atoms with Gasteiger partial charge in [-0.2, -0.15) is 13.2 Å². The molecule has 15 heteroatoms. The number of carbonyl (C=O) groups excluding carboxylic acids is 3. The number of alkyl halides is 3. The number of benzene rings is 1. The number of piperidine rings is 1. The number of hydrogen-bond acceptors (Lipinski definition) is 9. The number of esters is 1. The van der Waals surface area contributed by atoms with Gasteiger partial charge in [0.25, 0.3) is 5.91 Å². The summed E-state index contributed by atoms with van der Waals surface area (Å²) in [5.41, 5.74) is 6.46. The lowest BCUT2D eigenvalue weighted by Gasteiger charge is -2.42. The number of pyridine rings is 1. The van der Waals surface area contributed by atoms with Crippen LogP contribution in [0.2, 0.25) is 0 Å². The van der Waals surface area contributed by atoms with Crippen molar-refractivity contribution in [3.05, 3.63) is 71.4 Å². The van der Waals surface area contributed by atoms with Gasteiger partial charge in [0.2, 0.25) is 5.91 Å². The standard InChI is InChI=1S/C32H32F3N7O5/c1-3-47-29(44)22-14-38-26(36)25-24(40-27(42(22)25)20-5-4-12-41(15-20)30(45)31(2)16-46-17-31)18-6-8-19(9-7-18)28(43)39-23-13-21(10-11-37-23)32(33,34)35/h6-11,13-14,20H,3-5,12,15-17H2,1-2H3,(H2,36,38)(H,37,39,43). The van der Waals surface area contributed by atoms with Crippen molar-refractivity contribution in [1.82, 2.24) is 24.3 Å². The summed E-state index contributed by atoms with van der Waals surface area (Å²) >= 11 is 0. The quantitative estimate of drug-likeness (QED) is 0.274. The molecule has 0 bridgehead atoms. The highest BCUT2D eigenvalue weighted by Gasteiger charge is 2.45. The van der Waals surface area contributed by atoms with Crippen LogP contribution in [0.25, 0.3) is 16.8 Å². The summed E-state index contributed by atoms with van der Waals surface area (Å²) in [6.07, 6.45) is -0.867. The fourth-order valence-corrected chi connectivity index (χ4v) is 5.92. The van der Waals surface area contributed by atoms with E-state index in [9.17, 15) is 27.6 Å². The maximum absolute atomic E-state index is 13.4. The van der Waals surface area contributed by atoms with Gasteiger partial charge in [-0.25, -0.2) is 19.7 Å². The van der Waals surface area contributed by atoms with E-state index in [4.69, 9.17) is 20.2 Å². The van der Waals surface area contributed by atoms with Crippen molar-refractivity contribution >= 4 is 34.9 Å². The Kier molecular flexibility index (Phi) is 8.34. The Morgan fingerprint density at radius 3 is 2.55 bits per heavy atom. The second-order valence-corrected chi connectivity index (χ2v) is 11.9. The van der Waals surface area contributed by atoms with E-state index in [1.54, 1.807) is 23.5 Å². The number of fused-ring (bicyclic) bond motifs is 1. The van der Waals surface area contributed by atoms with Crippen LogP contribution in [-0.2, 0) is 20.4 Å². The van der Waals surface area contributed by atoms with Gasteiger partial charge in [0.1, 0.15) is 28.7 Å². The largest absolute Gasteiger partial charge is 0.461 e. The first-order chi connectivity index (χ1) is 22.4. The Balaban J connectivity index is 1.35. The molecule has 2 fully saturated rings. The van der Waals surface area contributed by atoms with E-state index >= 15 is 0 Å². The van der Waals surface area contributed by atoms with E-state index in [2.05, 4.69) is 15.3 Å². The second-order valence-electron chi connectivity index (χ2n) is 11.9. The zero-order valence-corrected chi connectivity index (χ0v) is 25.6. The molecule has 3 N–H and O–H groups in total. The molecule has 246 valence electrons. The Morgan fingerprint density at radius 1 is 1.15 bits per heavy atom. The average molecular weight is 652 g/mol. The van der Waals surface area contributed by atoms with Crippen LogP contribution < -0.4 is 11.1 Å². The summed E-state index contributed by atoms with van der Waals surface area (Å²) in [4.78, 5) is 54.2. The molecule has 47 heavy (non-hydrogen) atoms. The van der Waals surface area contributed by atoms with Crippen molar-refractivity contribution in [2.45, 2.75) is 38.8 Å². The lowest BCUT2D eigenvalue weighted by Crippen LogP contribution is -2.55. The highest BCUT2D eigenvalue weighted by molar-refractivity contribution is 6.04. The fourth-order valence-electron chi connectivity index (χ4n) is 5.92. The third-order valence-electron chi connectivity index (χ3n) is 8.38. The molecule has 6 rings (SSSR count). The van der Waals surface area contributed by atoms with Gasteiger partial charge in [0.05, 0.1) is 37.0 Å². The summed E-state index contributed by atoms with van der Waals surface area (Å²) in [5.74, 6) is -1.16. The van der Waals surface area contributed by atoms with Crippen LogP contribution >= 0.6 is 0 Å². The Morgan fingerprint density at radius 2 is 1.89 bits per heavy atom. The smallest absolute Gasteiger partial charge is 0.416 e.